The molecule has 36 heavy (non-hydrogen) atoms. The minimum atomic E-state index is -4.66. The summed E-state index contributed by atoms with van der Waals surface area (Å²) in [7, 11) is 0. The van der Waals surface area contributed by atoms with Gasteiger partial charge in [-0.2, -0.15) is 26.3 Å². The minimum Gasteiger partial charge on any atom is -0.384 e. The normalized spacial score (nSPS) is 12.7. The highest BCUT2D eigenvalue weighted by molar-refractivity contribution is 6.30. The number of aliphatic hydroxyl groups is 1. The van der Waals surface area contributed by atoms with Crippen LogP contribution in [0.3, 0.4) is 0 Å². The second-order valence-corrected chi connectivity index (χ2v) is 9.09. The Morgan fingerprint density at radius 2 is 1.39 bits per heavy atom. The molecule has 0 saturated carbocycles. The molecule has 4 aromatic rings. The van der Waals surface area contributed by atoms with Gasteiger partial charge in [0.1, 0.15) is 11.4 Å². The smallest absolute Gasteiger partial charge is 0.384 e. The van der Waals surface area contributed by atoms with Crippen molar-refractivity contribution in [1.82, 2.24) is 9.55 Å². The molecule has 1 heterocycles. The predicted molar refractivity (Wildman–Crippen MR) is 125 cm³/mol. The second-order valence-electron chi connectivity index (χ2n) is 8.66. The van der Waals surface area contributed by atoms with Gasteiger partial charge in [0, 0.05) is 22.5 Å². The Hall–Kier alpha value is -3.30. The molecule has 3 nitrogen and oxygen atoms in total. The van der Waals surface area contributed by atoms with Crippen molar-refractivity contribution in [2.24, 2.45) is 0 Å². The number of alkyl halides is 6. The number of hydrogen-bond donors (Lipinski definition) is 1. The number of imidazole rings is 1. The van der Waals surface area contributed by atoms with E-state index < -0.39 is 29.1 Å². The summed E-state index contributed by atoms with van der Waals surface area (Å²) in [5.74, 6) is -0.0738. The maximum absolute atomic E-state index is 13.7. The molecule has 0 atom stereocenters. The lowest BCUT2D eigenvalue weighted by Crippen LogP contribution is -2.15. The van der Waals surface area contributed by atoms with Crippen molar-refractivity contribution in [1.29, 1.82) is 0 Å². The van der Waals surface area contributed by atoms with Gasteiger partial charge in [0.15, 0.2) is 0 Å². The predicted octanol–water partition coefficient (Wildman–Crippen LogP) is 8.12. The summed E-state index contributed by atoms with van der Waals surface area (Å²) in [5.41, 5.74) is -2.88. The van der Waals surface area contributed by atoms with Gasteiger partial charge in [-0.05, 0) is 55.3 Å². The molecule has 0 aliphatic rings. The SMILES string of the molecule is CC(C)(O)c1cn(-c2ccc(-c3ccc(Cl)cc3C(F)(F)F)cc2)c(-c2ccccc2C(F)(F)F)n1. The molecule has 0 aliphatic carbocycles. The van der Waals surface area contributed by atoms with Crippen LogP contribution in [0.1, 0.15) is 30.7 Å². The molecule has 0 amide bonds. The zero-order valence-corrected chi connectivity index (χ0v) is 19.7. The van der Waals surface area contributed by atoms with Crippen LogP contribution in [0.15, 0.2) is 72.9 Å². The number of nitrogens with zero attached hydrogens (tertiary/aromatic N) is 2. The van der Waals surface area contributed by atoms with Gasteiger partial charge in [0.2, 0.25) is 0 Å². The average Bonchev–Trinajstić information content (AvgIpc) is 3.24. The molecule has 1 aromatic heterocycles. The molecule has 0 saturated heterocycles. The highest BCUT2D eigenvalue weighted by atomic mass is 35.5. The molecule has 0 aliphatic heterocycles. The summed E-state index contributed by atoms with van der Waals surface area (Å²) in [6.45, 7) is 2.89. The summed E-state index contributed by atoms with van der Waals surface area (Å²) in [6.07, 6.45) is -7.89. The first kappa shape index (κ1) is 25.8. The van der Waals surface area contributed by atoms with Crippen LogP contribution in [-0.4, -0.2) is 14.7 Å². The largest absolute Gasteiger partial charge is 0.417 e. The van der Waals surface area contributed by atoms with Crippen molar-refractivity contribution in [2.45, 2.75) is 31.8 Å². The van der Waals surface area contributed by atoms with Crippen LogP contribution < -0.4 is 0 Å². The van der Waals surface area contributed by atoms with E-state index in [4.69, 9.17) is 11.6 Å². The van der Waals surface area contributed by atoms with E-state index >= 15 is 0 Å². The third kappa shape index (κ3) is 5.12. The Balaban J connectivity index is 1.87. The van der Waals surface area contributed by atoms with Gasteiger partial charge in [-0.15, -0.1) is 0 Å². The first-order chi connectivity index (χ1) is 16.7. The fourth-order valence-electron chi connectivity index (χ4n) is 3.79. The van der Waals surface area contributed by atoms with Crippen LogP contribution in [0.2, 0.25) is 5.02 Å². The van der Waals surface area contributed by atoms with E-state index in [1.54, 1.807) is 0 Å². The van der Waals surface area contributed by atoms with E-state index in [-0.39, 0.29) is 33.2 Å². The molecule has 1 N–H and O–H groups in total. The summed E-state index contributed by atoms with van der Waals surface area (Å²) in [5, 5.41) is 10.4. The number of halogens is 7. The topological polar surface area (TPSA) is 38.0 Å². The summed E-state index contributed by atoms with van der Waals surface area (Å²) >= 11 is 5.76. The molecule has 3 aromatic carbocycles. The Bertz CT molecular complexity index is 1400. The van der Waals surface area contributed by atoms with Gasteiger partial charge in [-0.25, -0.2) is 4.98 Å². The quantitative estimate of drug-likeness (QED) is 0.274. The van der Waals surface area contributed by atoms with E-state index in [1.165, 1.54) is 79.2 Å². The standard InChI is InChI=1S/C26H19ClF6N2O/c1-24(2,36)22-14-35(23(34-22)19-5-3-4-6-20(19)25(28,29)30)17-10-7-15(8-11-17)18-12-9-16(27)13-21(18)26(31,32)33/h3-14,36H,1-2H3. The molecule has 0 unspecified atom stereocenters. The van der Waals surface area contributed by atoms with E-state index in [1.807, 2.05) is 0 Å². The van der Waals surface area contributed by atoms with Crippen LogP contribution in [-0.2, 0) is 18.0 Å². The summed E-state index contributed by atoms with van der Waals surface area (Å²) < 4.78 is 83.2. The number of benzene rings is 3. The second kappa shape index (κ2) is 8.97. The van der Waals surface area contributed by atoms with Crippen molar-refractivity contribution in [2.75, 3.05) is 0 Å². The lowest BCUT2D eigenvalue weighted by Gasteiger charge is -2.15. The van der Waals surface area contributed by atoms with Crippen LogP contribution >= 0.6 is 11.6 Å². The van der Waals surface area contributed by atoms with E-state index in [9.17, 15) is 31.4 Å². The highest BCUT2D eigenvalue weighted by Crippen LogP contribution is 2.40. The maximum Gasteiger partial charge on any atom is 0.417 e. The number of aromatic nitrogens is 2. The van der Waals surface area contributed by atoms with Gasteiger partial charge < -0.3 is 5.11 Å². The molecular weight excluding hydrogens is 506 g/mol. The Morgan fingerprint density at radius 1 is 0.778 bits per heavy atom. The zero-order valence-electron chi connectivity index (χ0n) is 18.9. The molecular formula is C26H19ClF6N2O. The minimum absolute atomic E-state index is 0.0618. The summed E-state index contributed by atoms with van der Waals surface area (Å²) in [4.78, 5) is 4.29. The lowest BCUT2D eigenvalue weighted by atomic mass is 9.99. The third-order valence-corrected chi connectivity index (χ3v) is 5.78. The molecule has 0 radical (unpaired) electrons. The van der Waals surface area contributed by atoms with Gasteiger partial charge in [-0.3, -0.25) is 4.57 Å². The van der Waals surface area contributed by atoms with Gasteiger partial charge in [0.25, 0.3) is 0 Å². The van der Waals surface area contributed by atoms with E-state index in [0.717, 1.165) is 12.1 Å². The van der Waals surface area contributed by atoms with Crippen LogP contribution in [0.5, 0.6) is 0 Å². The molecule has 0 fully saturated rings. The molecule has 0 spiro atoms. The Morgan fingerprint density at radius 3 is 1.97 bits per heavy atom. The van der Waals surface area contributed by atoms with Crippen molar-refractivity contribution >= 4 is 11.6 Å². The van der Waals surface area contributed by atoms with Gasteiger partial charge in [0.05, 0.1) is 16.8 Å². The van der Waals surface area contributed by atoms with E-state index in [0.29, 0.717) is 5.69 Å². The fraction of sp³-hybridized carbons (Fsp3) is 0.192. The lowest BCUT2D eigenvalue weighted by molar-refractivity contribution is -0.137. The van der Waals surface area contributed by atoms with Crippen LogP contribution in [0.4, 0.5) is 26.3 Å². The van der Waals surface area contributed by atoms with Crippen molar-refractivity contribution < 1.29 is 31.4 Å². The van der Waals surface area contributed by atoms with Crippen molar-refractivity contribution in [3.8, 4) is 28.2 Å². The Labute approximate surface area is 207 Å². The first-order valence-corrected chi connectivity index (χ1v) is 11.0. The number of hydrogen-bond acceptors (Lipinski definition) is 2. The van der Waals surface area contributed by atoms with Crippen LogP contribution in [0.25, 0.3) is 28.2 Å². The molecule has 4 rings (SSSR count). The van der Waals surface area contributed by atoms with Crippen molar-refractivity contribution in [3.05, 3.63) is 94.8 Å². The Kier molecular flexibility index (Phi) is 6.43. The van der Waals surface area contributed by atoms with Gasteiger partial charge in [-0.1, -0.05) is 48.0 Å². The number of rotatable bonds is 4. The first-order valence-electron chi connectivity index (χ1n) is 10.6. The molecule has 10 heteroatoms. The maximum atomic E-state index is 13.7. The van der Waals surface area contributed by atoms with Gasteiger partial charge >= 0.3 is 12.4 Å². The fourth-order valence-corrected chi connectivity index (χ4v) is 3.96. The van der Waals surface area contributed by atoms with Crippen LogP contribution in [0, 0.1) is 0 Å². The average molecular weight is 525 g/mol. The monoisotopic (exact) mass is 524 g/mol. The molecule has 188 valence electrons. The zero-order chi connectivity index (χ0) is 26.5. The third-order valence-electron chi connectivity index (χ3n) is 5.55. The highest BCUT2D eigenvalue weighted by Gasteiger charge is 2.36. The summed E-state index contributed by atoms with van der Waals surface area (Å²) in [6, 6.07) is 14.1. The van der Waals surface area contributed by atoms with Crippen molar-refractivity contribution in [3.63, 3.8) is 0 Å². The van der Waals surface area contributed by atoms with E-state index in [2.05, 4.69) is 4.98 Å². The molecule has 0 bridgehead atoms.